The first kappa shape index (κ1) is 17.9. The summed E-state index contributed by atoms with van der Waals surface area (Å²) in [6.07, 6.45) is 1.58. The summed E-state index contributed by atoms with van der Waals surface area (Å²) in [6, 6.07) is 14.7. The van der Waals surface area contributed by atoms with Gasteiger partial charge in [0.05, 0.1) is 6.42 Å². The van der Waals surface area contributed by atoms with Crippen LogP contribution in [0.5, 0.6) is 0 Å². The highest BCUT2D eigenvalue weighted by Gasteiger charge is 2.24. The van der Waals surface area contributed by atoms with Crippen molar-refractivity contribution in [3.8, 4) is 0 Å². The first-order valence-corrected chi connectivity index (χ1v) is 8.90. The van der Waals surface area contributed by atoms with E-state index in [4.69, 9.17) is 4.74 Å². The van der Waals surface area contributed by atoms with Gasteiger partial charge in [-0.15, -0.1) is 0 Å². The molecule has 1 aliphatic heterocycles. The minimum Gasteiger partial charge on any atom is -0.454 e. The van der Waals surface area contributed by atoms with Crippen molar-refractivity contribution < 1.29 is 19.1 Å². The van der Waals surface area contributed by atoms with Gasteiger partial charge >= 0.3 is 5.97 Å². The average molecular weight is 367 g/mol. The van der Waals surface area contributed by atoms with E-state index in [1.54, 1.807) is 35.6 Å². The molecule has 132 valence electrons. The number of carbonyl (C=O) groups excluding carboxylic acids is 3. The third-order valence-electron chi connectivity index (χ3n) is 3.98. The van der Waals surface area contributed by atoms with Crippen molar-refractivity contribution in [1.82, 2.24) is 0 Å². The van der Waals surface area contributed by atoms with Crippen LogP contribution in [0, 0.1) is 0 Å². The Labute approximate surface area is 155 Å². The Kier molecular flexibility index (Phi) is 5.53. The number of benzene rings is 2. The van der Waals surface area contributed by atoms with Gasteiger partial charge in [0.15, 0.2) is 12.4 Å². The molecule has 0 fully saturated rings. The Morgan fingerprint density at radius 1 is 1.19 bits per heavy atom. The zero-order valence-corrected chi connectivity index (χ0v) is 15.0. The summed E-state index contributed by atoms with van der Waals surface area (Å²) in [6.45, 7) is -0.332. The number of amides is 1. The van der Waals surface area contributed by atoms with Crippen molar-refractivity contribution >= 4 is 35.1 Å². The lowest BCUT2D eigenvalue weighted by atomic mass is 10.1. The molecule has 1 amide bonds. The third-order valence-corrected chi connectivity index (χ3v) is 4.79. The lowest BCUT2D eigenvalue weighted by Gasteiger charge is -2.10. The monoisotopic (exact) mass is 367 g/mol. The maximum Gasteiger partial charge on any atom is 0.331 e. The maximum atomic E-state index is 12.2. The van der Waals surface area contributed by atoms with E-state index >= 15 is 0 Å². The number of ether oxygens (including phenoxy) is 1. The predicted molar refractivity (Wildman–Crippen MR) is 100 cm³/mol. The topological polar surface area (TPSA) is 63.7 Å². The van der Waals surface area contributed by atoms with Crippen LogP contribution in [-0.2, 0) is 20.7 Å². The summed E-state index contributed by atoms with van der Waals surface area (Å²) in [5.41, 5.74) is 2.06. The van der Waals surface area contributed by atoms with E-state index in [0.29, 0.717) is 5.56 Å². The lowest BCUT2D eigenvalue weighted by molar-refractivity contribution is -0.136. The minimum atomic E-state index is -0.571. The van der Waals surface area contributed by atoms with E-state index in [0.717, 1.165) is 16.1 Å². The van der Waals surface area contributed by atoms with Gasteiger partial charge in [0.25, 0.3) is 0 Å². The molecule has 2 aromatic rings. The smallest absolute Gasteiger partial charge is 0.331 e. The van der Waals surface area contributed by atoms with Gasteiger partial charge in [-0.3, -0.25) is 9.59 Å². The zero-order valence-electron chi connectivity index (χ0n) is 14.2. The summed E-state index contributed by atoms with van der Waals surface area (Å²) >= 11 is 1.39. The Morgan fingerprint density at radius 3 is 2.73 bits per heavy atom. The molecule has 0 bridgehead atoms. The Morgan fingerprint density at radius 2 is 1.96 bits per heavy atom. The molecule has 6 heteroatoms. The molecule has 1 heterocycles. The van der Waals surface area contributed by atoms with Gasteiger partial charge in [-0.2, -0.15) is 0 Å². The quantitative estimate of drug-likeness (QED) is 0.339. The number of rotatable bonds is 6. The first-order chi connectivity index (χ1) is 12.5. The molecule has 3 rings (SSSR count). The second kappa shape index (κ2) is 8.01. The molecule has 0 radical (unpaired) electrons. The number of esters is 1. The third kappa shape index (κ3) is 4.21. The molecule has 0 unspecified atom stereocenters. The Hall–Kier alpha value is -2.86. The average Bonchev–Trinajstić information content (AvgIpc) is 2.94. The van der Waals surface area contributed by atoms with Gasteiger partial charge in [0.2, 0.25) is 5.91 Å². The van der Waals surface area contributed by atoms with Crippen molar-refractivity contribution in [2.45, 2.75) is 11.3 Å². The SMILES string of the molecule is CN1C(=O)Cc2cc(C(=O)COC(=O)/C=C/Sc3ccccc3)ccc21. The van der Waals surface area contributed by atoms with E-state index in [9.17, 15) is 14.4 Å². The van der Waals surface area contributed by atoms with Crippen molar-refractivity contribution in [2.75, 3.05) is 18.6 Å². The summed E-state index contributed by atoms with van der Waals surface area (Å²) in [7, 11) is 1.71. The van der Waals surface area contributed by atoms with Gasteiger partial charge in [0, 0.05) is 29.3 Å². The molecule has 0 aromatic heterocycles. The Balaban J connectivity index is 1.52. The minimum absolute atomic E-state index is 0.00270. The number of nitrogens with zero attached hydrogens (tertiary/aromatic N) is 1. The van der Waals surface area contributed by atoms with E-state index < -0.39 is 5.97 Å². The largest absolute Gasteiger partial charge is 0.454 e. The second-order valence-corrected chi connectivity index (χ2v) is 6.72. The lowest BCUT2D eigenvalue weighted by Crippen LogP contribution is -2.20. The van der Waals surface area contributed by atoms with Gasteiger partial charge < -0.3 is 9.64 Å². The number of ketones is 1. The summed E-state index contributed by atoms with van der Waals surface area (Å²) in [5.74, 6) is -0.873. The second-order valence-electron chi connectivity index (χ2n) is 5.74. The van der Waals surface area contributed by atoms with Crippen LogP contribution in [0.25, 0.3) is 0 Å². The summed E-state index contributed by atoms with van der Waals surface area (Å²) in [4.78, 5) is 38.2. The fourth-order valence-electron chi connectivity index (χ4n) is 2.58. The van der Waals surface area contributed by atoms with Crippen LogP contribution in [0.4, 0.5) is 5.69 Å². The van der Waals surface area contributed by atoms with Gasteiger partial charge in [-0.1, -0.05) is 30.0 Å². The molecule has 0 N–H and O–H groups in total. The van der Waals surface area contributed by atoms with E-state index in [-0.39, 0.29) is 24.7 Å². The number of Topliss-reactive ketones (excluding diaryl/α,β-unsaturated/α-hetero) is 1. The molecule has 2 aromatic carbocycles. The van der Waals surface area contributed by atoms with Gasteiger partial charge in [-0.05, 0) is 41.3 Å². The summed E-state index contributed by atoms with van der Waals surface area (Å²) < 4.78 is 4.99. The van der Waals surface area contributed by atoms with E-state index in [1.807, 2.05) is 30.3 Å². The van der Waals surface area contributed by atoms with Crippen LogP contribution in [-0.4, -0.2) is 31.3 Å². The molecule has 0 saturated heterocycles. The molecule has 26 heavy (non-hydrogen) atoms. The van der Waals surface area contributed by atoms with Crippen LogP contribution < -0.4 is 4.90 Å². The van der Waals surface area contributed by atoms with Crippen LogP contribution in [0.1, 0.15) is 15.9 Å². The molecular formula is C20H17NO4S. The molecule has 5 nitrogen and oxygen atoms in total. The predicted octanol–water partition coefficient (Wildman–Crippen LogP) is 3.24. The number of carbonyl (C=O) groups is 3. The number of hydrogen-bond acceptors (Lipinski definition) is 5. The Bertz CT molecular complexity index is 877. The number of likely N-dealkylation sites (N-methyl/N-ethyl adjacent to an activating group) is 1. The highest BCUT2D eigenvalue weighted by molar-refractivity contribution is 8.02. The number of fused-ring (bicyclic) bond motifs is 1. The fourth-order valence-corrected chi connectivity index (χ4v) is 3.23. The number of hydrogen-bond donors (Lipinski definition) is 0. The van der Waals surface area contributed by atoms with Crippen molar-refractivity contribution in [2.24, 2.45) is 0 Å². The molecule has 0 saturated carbocycles. The molecular weight excluding hydrogens is 350 g/mol. The van der Waals surface area contributed by atoms with Crippen LogP contribution in [0.15, 0.2) is 64.9 Å². The highest BCUT2D eigenvalue weighted by Crippen LogP contribution is 2.28. The first-order valence-electron chi connectivity index (χ1n) is 8.02. The van der Waals surface area contributed by atoms with Crippen LogP contribution >= 0.6 is 11.8 Å². The summed E-state index contributed by atoms with van der Waals surface area (Å²) in [5, 5.41) is 1.62. The fraction of sp³-hybridized carbons (Fsp3) is 0.150. The standard InChI is InChI=1S/C20H17NO4S/c1-21-17-8-7-14(11-15(17)12-19(21)23)18(22)13-25-20(24)9-10-26-16-5-3-2-4-6-16/h2-11H,12-13H2,1H3/b10-9+. The highest BCUT2D eigenvalue weighted by atomic mass is 32.2. The van der Waals surface area contributed by atoms with Crippen LogP contribution in [0.2, 0.25) is 0 Å². The van der Waals surface area contributed by atoms with Gasteiger partial charge in [0.1, 0.15) is 0 Å². The molecule has 0 atom stereocenters. The molecule has 1 aliphatic rings. The zero-order chi connectivity index (χ0) is 18.5. The van der Waals surface area contributed by atoms with Crippen LogP contribution in [0.3, 0.4) is 0 Å². The normalized spacial score (nSPS) is 13.1. The molecule has 0 aliphatic carbocycles. The number of thioether (sulfide) groups is 1. The van der Waals surface area contributed by atoms with E-state index in [1.165, 1.54) is 17.8 Å². The van der Waals surface area contributed by atoms with Crippen molar-refractivity contribution in [3.05, 3.63) is 71.1 Å². The number of anilines is 1. The van der Waals surface area contributed by atoms with Gasteiger partial charge in [-0.25, -0.2) is 4.79 Å². The maximum absolute atomic E-state index is 12.2. The van der Waals surface area contributed by atoms with Crippen molar-refractivity contribution in [3.63, 3.8) is 0 Å². The molecule has 0 spiro atoms. The van der Waals surface area contributed by atoms with Crippen molar-refractivity contribution in [1.29, 1.82) is 0 Å². The van der Waals surface area contributed by atoms with E-state index in [2.05, 4.69) is 0 Å².